The SMILES string of the molecule is CCN(CC)CCc1noc(-c2ccc(OC)cc2O)n1. The van der Waals surface area contributed by atoms with E-state index in [9.17, 15) is 5.11 Å². The molecule has 0 radical (unpaired) electrons. The van der Waals surface area contributed by atoms with Gasteiger partial charge in [0.15, 0.2) is 5.82 Å². The molecule has 0 unspecified atom stereocenters. The molecule has 21 heavy (non-hydrogen) atoms. The molecule has 0 fully saturated rings. The highest BCUT2D eigenvalue weighted by Gasteiger charge is 2.14. The quantitative estimate of drug-likeness (QED) is 0.844. The van der Waals surface area contributed by atoms with Crippen molar-refractivity contribution in [2.75, 3.05) is 26.7 Å². The average molecular weight is 291 g/mol. The first-order valence-corrected chi connectivity index (χ1v) is 7.10. The predicted octanol–water partition coefficient (Wildman–Crippen LogP) is 2.34. The van der Waals surface area contributed by atoms with Gasteiger partial charge in [0, 0.05) is 19.0 Å². The molecule has 6 nitrogen and oxygen atoms in total. The lowest BCUT2D eigenvalue weighted by Gasteiger charge is -2.16. The molecule has 0 amide bonds. The highest BCUT2D eigenvalue weighted by atomic mass is 16.5. The van der Waals surface area contributed by atoms with E-state index in [-0.39, 0.29) is 5.75 Å². The maximum atomic E-state index is 9.96. The van der Waals surface area contributed by atoms with Gasteiger partial charge >= 0.3 is 0 Å². The van der Waals surface area contributed by atoms with E-state index in [1.54, 1.807) is 19.2 Å². The minimum atomic E-state index is 0.0632. The molecule has 1 heterocycles. The Hall–Kier alpha value is -2.08. The van der Waals surface area contributed by atoms with Crippen LogP contribution in [0.2, 0.25) is 0 Å². The second kappa shape index (κ2) is 7.08. The number of methoxy groups -OCH3 is 1. The van der Waals surface area contributed by atoms with E-state index in [0.717, 1.165) is 26.1 Å². The van der Waals surface area contributed by atoms with Crippen LogP contribution >= 0.6 is 0 Å². The lowest BCUT2D eigenvalue weighted by Crippen LogP contribution is -2.25. The van der Waals surface area contributed by atoms with Gasteiger partial charge in [-0.15, -0.1) is 0 Å². The fourth-order valence-corrected chi connectivity index (χ4v) is 2.08. The summed E-state index contributed by atoms with van der Waals surface area (Å²) in [5, 5.41) is 13.9. The highest BCUT2D eigenvalue weighted by molar-refractivity contribution is 5.63. The molecule has 1 aromatic carbocycles. The summed E-state index contributed by atoms with van der Waals surface area (Å²) in [4.78, 5) is 6.62. The second-order valence-corrected chi connectivity index (χ2v) is 4.68. The number of hydrogen-bond acceptors (Lipinski definition) is 6. The number of likely N-dealkylation sites (N-methyl/N-ethyl adjacent to an activating group) is 1. The van der Waals surface area contributed by atoms with Gasteiger partial charge in [-0.05, 0) is 25.2 Å². The third-order valence-corrected chi connectivity index (χ3v) is 3.45. The van der Waals surface area contributed by atoms with E-state index in [1.165, 1.54) is 6.07 Å². The minimum absolute atomic E-state index is 0.0632. The van der Waals surface area contributed by atoms with Crippen molar-refractivity contribution >= 4 is 0 Å². The molecule has 1 N–H and O–H groups in total. The number of hydrogen-bond donors (Lipinski definition) is 1. The van der Waals surface area contributed by atoms with Crippen LogP contribution in [0.25, 0.3) is 11.5 Å². The first-order chi connectivity index (χ1) is 10.2. The molecule has 0 aliphatic heterocycles. The van der Waals surface area contributed by atoms with Crippen LogP contribution in [0.1, 0.15) is 19.7 Å². The molecule has 114 valence electrons. The molecule has 2 aromatic rings. The van der Waals surface area contributed by atoms with Crippen molar-refractivity contribution in [3.8, 4) is 23.0 Å². The largest absolute Gasteiger partial charge is 0.507 e. The average Bonchev–Trinajstić information content (AvgIpc) is 2.96. The third-order valence-electron chi connectivity index (χ3n) is 3.45. The van der Waals surface area contributed by atoms with Crippen molar-refractivity contribution in [2.45, 2.75) is 20.3 Å². The monoisotopic (exact) mass is 291 g/mol. The van der Waals surface area contributed by atoms with E-state index in [4.69, 9.17) is 9.26 Å². The zero-order chi connectivity index (χ0) is 15.2. The van der Waals surface area contributed by atoms with E-state index in [0.29, 0.717) is 23.0 Å². The summed E-state index contributed by atoms with van der Waals surface area (Å²) in [5.74, 6) is 1.61. The Balaban J connectivity index is 2.09. The van der Waals surface area contributed by atoms with Crippen LogP contribution in [0.15, 0.2) is 22.7 Å². The van der Waals surface area contributed by atoms with Crippen LogP contribution in [0.4, 0.5) is 0 Å². The van der Waals surface area contributed by atoms with Gasteiger partial charge in [0.1, 0.15) is 11.5 Å². The molecule has 0 aliphatic rings. The Morgan fingerprint density at radius 1 is 1.29 bits per heavy atom. The standard InChI is InChI=1S/C15H21N3O3/c1-4-18(5-2)9-8-14-16-15(21-17-14)12-7-6-11(20-3)10-13(12)19/h6-7,10,19H,4-5,8-9H2,1-3H3. The molecule has 6 heteroatoms. The van der Waals surface area contributed by atoms with Crippen molar-refractivity contribution in [3.63, 3.8) is 0 Å². The van der Waals surface area contributed by atoms with Crippen molar-refractivity contribution in [3.05, 3.63) is 24.0 Å². The number of benzene rings is 1. The summed E-state index contributed by atoms with van der Waals surface area (Å²) in [6.45, 7) is 7.14. The fourth-order valence-electron chi connectivity index (χ4n) is 2.08. The van der Waals surface area contributed by atoms with Gasteiger partial charge < -0.3 is 19.3 Å². The molecule has 0 saturated heterocycles. The lowest BCUT2D eigenvalue weighted by atomic mass is 10.2. The number of nitrogens with zero attached hydrogens (tertiary/aromatic N) is 3. The van der Waals surface area contributed by atoms with Crippen molar-refractivity contribution in [2.24, 2.45) is 0 Å². The smallest absolute Gasteiger partial charge is 0.261 e. The van der Waals surface area contributed by atoms with Gasteiger partial charge in [-0.25, -0.2) is 0 Å². The molecule has 0 spiro atoms. The summed E-state index contributed by atoms with van der Waals surface area (Å²) < 4.78 is 10.3. The van der Waals surface area contributed by atoms with Crippen LogP contribution in [0, 0.1) is 0 Å². The first-order valence-electron chi connectivity index (χ1n) is 7.10. The molecule has 0 saturated carbocycles. The number of phenols is 1. The number of ether oxygens (including phenoxy) is 1. The van der Waals surface area contributed by atoms with Gasteiger partial charge in [0.25, 0.3) is 5.89 Å². The third kappa shape index (κ3) is 3.72. The topological polar surface area (TPSA) is 71.6 Å². The Morgan fingerprint density at radius 3 is 2.67 bits per heavy atom. The molecular formula is C15H21N3O3. The zero-order valence-electron chi connectivity index (χ0n) is 12.7. The molecular weight excluding hydrogens is 270 g/mol. The van der Waals surface area contributed by atoms with Gasteiger partial charge in [0.2, 0.25) is 0 Å². The molecule has 0 bridgehead atoms. The van der Waals surface area contributed by atoms with Crippen LogP contribution in [-0.4, -0.2) is 46.9 Å². The van der Waals surface area contributed by atoms with Crippen LogP contribution < -0.4 is 4.74 Å². The normalized spacial score (nSPS) is 11.0. The van der Waals surface area contributed by atoms with Gasteiger partial charge in [0.05, 0.1) is 12.7 Å². The summed E-state index contributed by atoms with van der Waals surface area (Å²) in [5.41, 5.74) is 0.511. The van der Waals surface area contributed by atoms with Crippen molar-refractivity contribution in [1.82, 2.24) is 15.0 Å². The van der Waals surface area contributed by atoms with E-state index in [2.05, 4.69) is 28.9 Å². The van der Waals surface area contributed by atoms with E-state index >= 15 is 0 Å². The number of phenolic OH excluding ortho intramolecular Hbond substituents is 1. The second-order valence-electron chi connectivity index (χ2n) is 4.68. The highest BCUT2D eigenvalue weighted by Crippen LogP contribution is 2.31. The number of aromatic nitrogens is 2. The molecule has 0 aliphatic carbocycles. The van der Waals surface area contributed by atoms with Crippen molar-refractivity contribution < 1.29 is 14.4 Å². The summed E-state index contributed by atoms with van der Waals surface area (Å²) in [7, 11) is 1.55. The maximum Gasteiger partial charge on any atom is 0.261 e. The maximum absolute atomic E-state index is 9.96. The van der Waals surface area contributed by atoms with Crippen LogP contribution in [0.3, 0.4) is 0 Å². The van der Waals surface area contributed by atoms with Gasteiger partial charge in [-0.1, -0.05) is 19.0 Å². The Bertz CT molecular complexity index is 579. The molecule has 0 atom stereocenters. The van der Waals surface area contributed by atoms with Crippen LogP contribution in [0.5, 0.6) is 11.5 Å². The van der Waals surface area contributed by atoms with E-state index < -0.39 is 0 Å². The number of rotatable bonds is 7. The Morgan fingerprint density at radius 2 is 2.05 bits per heavy atom. The summed E-state index contributed by atoms with van der Waals surface area (Å²) in [6.07, 6.45) is 0.724. The van der Waals surface area contributed by atoms with E-state index in [1.807, 2.05) is 0 Å². The van der Waals surface area contributed by atoms with Crippen LogP contribution in [-0.2, 0) is 6.42 Å². The first kappa shape index (κ1) is 15.3. The summed E-state index contributed by atoms with van der Waals surface area (Å²) in [6, 6.07) is 4.97. The van der Waals surface area contributed by atoms with Gasteiger partial charge in [-0.3, -0.25) is 0 Å². The van der Waals surface area contributed by atoms with Crippen molar-refractivity contribution in [1.29, 1.82) is 0 Å². The Labute approximate surface area is 124 Å². The Kier molecular flexibility index (Phi) is 5.16. The molecule has 2 rings (SSSR count). The zero-order valence-corrected chi connectivity index (χ0v) is 12.7. The lowest BCUT2D eigenvalue weighted by molar-refractivity contribution is 0.303. The predicted molar refractivity (Wildman–Crippen MR) is 79.4 cm³/mol. The number of aromatic hydroxyl groups is 1. The molecule has 1 aromatic heterocycles. The minimum Gasteiger partial charge on any atom is -0.507 e. The van der Waals surface area contributed by atoms with Gasteiger partial charge in [-0.2, -0.15) is 4.98 Å². The fraction of sp³-hybridized carbons (Fsp3) is 0.467. The summed E-state index contributed by atoms with van der Waals surface area (Å²) >= 11 is 0.